The van der Waals surface area contributed by atoms with Crippen LogP contribution in [-0.2, 0) is 11.3 Å². The minimum atomic E-state index is -0.166. The Balaban J connectivity index is 1.37. The molecule has 7 nitrogen and oxygen atoms in total. The monoisotopic (exact) mass is 356 g/mol. The van der Waals surface area contributed by atoms with Crippen LogP contribution in [0.5, 0.6) is 0 Å². The molecule has 1 amide bonds. The molecule has 3 heterocycles. The van der Waals surface area contributed by atoms with Crippen LogP contribution in [0.2, 0.25) is 0 Å². The quantitative estimate of drug-likeness (QED) is 0.762. The Bertz CT molecular complexity index is 984. The molecule has 0 saturated heterocycles. The molecule has 1 saturated carbocycles. The number of rotatable bonds is 5. The van der Waals surface area contributed by atoms with Crippen molar-refractivity contribution in [3.63, 3.8) is 0 Å². The maximum Gasteiger partial charge on any atom is 0.291 e. The van der Waals surface area contributed by atoms with Gasteiger partial charge >= 0.3 is 0 Å². The molecule has 1 aliphatic carbocycles. The standard InChI is InChI=1S/C19H24N4O3/c1-13-5-2-3-6-14(13)21-18(24)7-4-9-23-19(25)16-11-17-15(8-10-26-17)22(16)12-20-23/h8,10-14H,2-7,9H2,1H3,(H,21,24)/t13-,14-/m1/s1. The Hall–Kier alpha value is -2.57. The third kappa shape index (κ3) is 3.13. The first-order valence-electron chi connectivity index (χ1n) is 9.37. The Labute approximate surface area is 151 Å². The third-order valence-electron chi connectivity index (χ3n) is 5.45. The van der Waals surface area contributed by atoms with E-state index >= 15 is 0 Å². The fourth-order valence-electron chi connectivity index (χ4n) is 3.89. The minimum absolute atomic E-state index is 0.0677. The molecule has 1 aliphatic rings. The number of aromatic nitrogens is 3. The highest BCUT2D eigenvalue weighted by molar-refractivity contribution is 5.81. The first kappa shape index (κ1) is 16.9. The fraction of sp³-hybridized carbons (Fsp3) is 0.526. The third-order valence-corrected chi connectivity index (χ3v) is 5.45. The molecule has 2 atom stereocenters. The highest BCUT2D eigenvalue weighted by Crippen LogP contribution is 2.23. The molecule has 0 radical (unpaired) electrons. The van der Waals surface area contributed by atoms with E-state index in [4.69, 9.17) is 4.42 Å². The number of carbonyl (C=O) groups is 1. The van der Waals surface area contributed by atoms with Gasteiger partial charge < -0.3 is 9.73 Å². The summed E-state index contributed by atoms with van der Waals surface area (Å²) in [5, 5.41) is 7.38. The maximum absolute atomic E-state index is 12.6. The SMILES string of the molecule is C[C@@H]1CCCC[C@H]1NC(=O)CCCn1ncn2c(cc3occc32)c1=O. The zero-order valence-corrected chi connectivity index (χ0v) is 15.0. The Morgan fingerprint density at radius 1 is 1.35 bits per heavy atom. The highest BCUT2D eigenvalue weighted by Gasteiger charge is 2.22. The largest absolute Gasteiger partial charge is 0.463 e. The zero-order valence-electron chi connectivity index (χ0n) is 15.0. The molecular formula is C19H24N4O3. The summed E-state index contributed by atoms with van der Waals surface area (Å²) in [6, 6.07) is 3.84. The van der Waals surface area contributed by atoms with E-state index in [0.717, 1.165) is 11.9 Å². The van der Waals surface area contributed by atoms with Crippen LogP contribution in [0.15, 0.2) is 33.9 Å². The van der Waals surface area contributed by atoms with E-state index in [1.165, 1.54) is 23.9 Å². The summed E-state index contributed by atoms with van der Waals surface area (Å²) >= 11 is 0. The van der Waals surface area contributed by atoms with Gasteiger partial charge in [-0.2, -0.15) is 5.10 Å². The van der Waals surface area contributed by atoms with Crippen molar-refractivity contribution in [3.8, 4) is 0 Å². The van der Waals surface area contributed by atoms with E-state index in [0.29, 0.717) is 42.4 Å². The van der Waals surface area contributed by atoms with Gasteiger partial charge in [0.15, 0.2) is 5.58 Å². The lowest BCUT2D eigenvalue weighted by atomic mass is 9.86. The normalized spacial score (nSPS) is 20.7. The van der Waals surface area contributed by atoms with Crippen molar-refractivity contribution in [2.45, 2.75) is 58.0 Å². The van der Waals surface area contributed by atoms with Gasteiger partial charge in [0.25, 0.3) is 5.56 Å². The molecule has 4 rings (SSSR count). The number of amides is 1. The topological polar surface area (TPSA) is 81.5 Å². The Kier molecular flexibility index (Phi) is 4.53. The number of fused-ring (bicyclic) bond motifs is 3. The van der Waals surface area contributed by atoms with Gasteiger partial charge in [0, 0.05) is 31.1 Å². The summed E-state index contributed by atoms with van der Waals surface area (Å²) in [4.78, 5) is 24.8. The van der Waals surface area contributed by atoms with Crippen LogP contribution in [-0.4, -0.2) is 26.1 Å². The van der Waals surface area contributed by atoms with Gasteiger partial charge in [0.05, 0.1) is 11.8 Å². The van der Waals surface area contributed by atoms with Crippen molar-refractivity contribution in [2.75, 3.05) is 0 Å². The molecule has 1 N–H and O–H groups in total. The lowest BCUT2D eigenvalue weighted by molar-refractivity contribution is -0.122. The van der Waals surface area contributed by atoms with Crippen LogP contribution in [0.25, 0.3) is 16.6 Å². The van der Waals surface area contributed by atoms with E-state index in [-0.39, 0.29) is 11.5 Å². The molecule has 1 fully saturated rings. The summed E-state index contributed by atoms with van der Waals surface area (Å²) in [6.07, 6.45) is 8.92. The molecule has 7 heteroatoms. The van der Waals surface area contributed by atoms with Crippen LogP contribution >= 0.6 is 0 Å². The van der Waals surface area contributed by atoms with Crippen LogP contribution in [0.1, 0.15) is 45.4 Å². The van der Waals surface area contributed by atoms with Crippen molar-refractivity contribution >= 4 is 22.5 Å². The van der Waals surface area contributed by atoms with Gasteiger partial charge in [0.1, 0.15) is 11.8 Å². The van der Waals surface area contributed by atoms with Gasteiger partial charge in [-0.15, -0.1) is 0 Å². The van der Waals surface area contributed by atoms with Crippen LogP contribution in [0.4, 0.5) is 0 Å². The minimum Gasteiger partial charge on any atom is -0.463 e. The number of hydrogen-bond donors (Lipinski definition) is 1. The lowest BCUT2D eigenvalue weighted by Gasteiger charge is -2.29. The lowest BCUT2D eigenvalue weighted by Crippen LogP contribution is -2.41. The predicted octanol–water partition coefficient (Wildman–Crippen LogP) is 2.72. The molecule has 0 bridgehead atoms. The molecule has 0 aliphatic heterocycles. The number of furan rings is 1. The molecule has 26 heavy (non-hydrogen) atoms. The summed E-state index contributed by atoms with van der Waals surface area (Å²) in [7, 11) is 0. The van der Waals surface area contributed by atoms with Crippen LogP contribution in [0, 0.1) is 5.92 Å². The van der Waals surface area contributed by atoms with E-state index < -0.39 is 0 Å². The first-order chi connectivity index (χ1) is 12.6. The molecular weight excluding hydrogens is 332 g/mol. The molecule has 3 aromatic rings. The number of carbonyl (C=O) groups excluding carboxylic acids is 1. The van der Waals surface area contributed by atoms with E-state index in [9.17, 15) is 9.59 Å². The molecule has 3 aromatic heterocycles. The van der Waals surface area contributed by atoms with Crippen molar-refractivity contribution in [1.29, 1.82) is 0 Å². The first-order valence-corrected chi connectivity index (χ1v) is 9.37. The Morgan fingerprint density at radius 3 is 3.04 bits per heavy atom. The van der Waals surface area contributed by atoms with E-state index in [1.807, 2.05) is 6.07 Å². The second-order valence-corrected chi connectivity index (χ2v) is 7.27. The molecule has 0 aromatic carbocycles. The van der Waals surface area contributed by atoms with Gasteiger partial charge in [-0.25, -0.2) is 4.68 Å². The van der Waals surface area contributed by atoms with Crippen molar-refractivity contribution < 1.29 is 9.21 Å². The van der Waals surface area contributed by atoms with Crippen LogP contribution < -0.4 is 10.9 Å². The van der Waals surface area contributed by atoms with Gasteiger partial charge in [-0.3, -0.25) is 14.0 Å². The smallest absolute Gasteiger partial charge is 0.291 e. The molecule has 138 valence electrons. The van der Waals surface area contributed by atoms with Gasteiger partial charge in [0.2, 0.25) is 5.91 Å². The number of nitrogens with one attached hydrogen (secondary N) is 1. The fourth-order valence-corrected chi connectivity index (χ4v) is 3.89. The average Bonchev–Trinajstić information content (AvgIpc) is 3.21. The highest BCUT2D eigenvalue weighted by atomic mass is 16.3. The summed E-state index contributed by atoms with van der Waals surface area (Å²) in [5.74, 6) is 0.616. The van der Waals surface area contributed by atoms with Crippen molar-refractivity contribution in [2.24, 2.45) is 5.92 Å². The summed E-state index contributed by atoms with van der Waals surface area (Å²) < 4.78 is 8.49. The number of nitrogens with zero attached hydrogens (tertiary/aromatic N) is 3. The maximum atomic E-state index is 12.6. The summed E-state index contributed by atoms with van der Waals surface area (Å²) in [6.45, 7) is 2.63. The number of hydrogen-bond acceptors (Lipinski definition) is 4. The van der Waals surface area contributed by atoms with Gasteiger partial charge in [-0.05, 0) is 25.2 Å². The summed E-state index contributed by atoms with van der Waals surface area (Å²) in [5.41, 5.74) is 1.87. The molecule has 0 unspecified atom stereocenters. The van der Waals surface area contributed by atoms with Crippen molar-refractivity contribution in [1.82, 2.24) is 19.5 Å². The van der Waals surface area contributed by atoms with E-state index in [2.05, 4.69) is 17.3 Å². The van der Waals surface area contributed by atoms with Gasteiger partial charge in [-0.1, -0.05) is 19.8 Å². The zero-order chi connectivity index (χ0) is 18.1. The number of aryl methyl sites for hydroxylation is 1. The van der Waals surface area contributed by atoms with Crippen LogP contribution in [0.3, 0.4) is 0 Å². The van der Waals surface area contributed by atoms with E-state index in [1.54, 1.807) is 23.1 Å². The Morgan fingerprint density at radius 2 is 2.19 bits per heavy atom. The average molecular weight is 356 g/mol. The second-order valence-electron chi connectivity index (χ2n) is 7.27. The van der Waals surface area contributed by atoms with Crippen molar-refractivity contribution in [3.05, 3.63) is 35.1 Å². The second kappa shape index (κ2) is 6.97. The predicted molar refractivity (Wildman–Crippen MR) is 98.0 cm³/mol. The molecule has 0 spiro atoms.